The van der Waals surface area contributed by atoms with Gasteiger partial charge in [-0.1, -0.05) is 12.8 Å². The fourth-order valence-corrected chi connectivity index (χ4v) is 4.31. The van der Waals surface area contributed by atoms with E-state index in [9.17, 15) is 14.7 Å². The molecule has 4 heteroatoms. The van der Waals surface area contributed by atoms with Gasteiger partial charge in [-0.05, 0) is 49.9 Å². The van der Waals surface area contributed by atoms with Crippen LogP contribution in [0.2, 0.25) is 0 Å². The van der Waals surface area contributed by atoms with E-state index in [-0.39, 0.29) is 12.3 Å². The van der Waals surface area contributed by atoms with Crippen molar-refractivity contribution in [1.82, 2.24) is 5.32 Å². The Balaban J connectivity index is 1.45. The number of hydrogen-bond acceptors (Lipinski definition) is 2. The van der Waals surface area contributed by atoms with Gasteiger partial charge in [0.25, 0.3) is 0 Å². The Morgan fingerprint density at radius 3 is 2.47 bits per heavy atom. The maximum atomic E-state index is 11.9. The van der Waals surface area contributed by atoms with E-state index in [0.717, 1.165) is 24.8 Å². The number of nitrogens with one attached hydrogen (secondary N) is 1. The van der Waals surface area contributed by atoms with Crippen LogP contribution in [0, 0.1) is 23.2 Å². The second-order valence-corrected chi connectivity index (χ2v) is 6.85. The monoisotopic (exact) mass is 265 g/mol. The van der Waals surface area contributed by atoms with Gasteiger partial charge in [0, 0.05) is 13.0 Å². The number of carbonyl (C=O) groups excluding carboxylic acids is 1. The normalized spacial score (nSPS) is 34.8. The topological polar surface area (TPSA) is 66.4 Å². The van der Waals surface area contributed by atoms with Crippen molar-refractivity contribution < 1.29 is 14.7 Å². The molecule has 3 aliphatic rings. The predicted molar refractivity (Wildman–Crippen MR) is 70.5 cm³/mol. The first kappa shape index (κ1) is 12.9. The van der Waals surface area contributed by atoms with Gasteiger partial charge in [0.05, 0.1) is 5.41 Å². The van der Waals surface area contributed by atoms with Crippen LogP contribution in [0.25, 0.3) is 0 Å². The molecule has 0 aliphatic heterocycles. The quantitative estimate of drug-likeness (QED) is 0.800. The Morgan fingerprint density at radius 2 is 2.00 bits per heavy atom. The Hall–Kier alpha value is -1.06. The molecular formula is C15H23NO3. The van der Waals surface area contributed by atoms with Crippen molar-refractivity contribution in [3.63, 3.8) is 0 Å². The maximum Gasteiger partial charge on any atom is 0.310 e. The molecule has 0 spiro atoms. The number of fused-ring (bicyclic) bond motifs is 2. The van der Waals surface area contributed by atoms with E-state index in [1.54, 1.807) is 0 Å². The van der Waals surface area contributed by atoms with Crippen molar-refractivity contribution in [2.24, 2.45) is 23.2 Å². The predicted octanol–water partition coefficient (Wildman–Crippen LogP) is 2.18. The molecule has 1 amide bonds. The lowest BCUT2D eigenvalue weighted by Crippen LogP contribution is -2.43. The SMILES string of the molecule is O=C(CC1(C(=O)O)CCC1)NCC1CC2CCC1C2. The summed E-state index contributed by atoms with van der Waals surface area (Å²) in [5, 5.41) is 12.2. The lowest BCUT2D eigenvalue weighted by Gasteiger charge is -2.37. The largest absolute Gasteiger partial charge is 0.481 e. The summed E-state index contributed by atoms with van der Waals surface area (Å²) in [4.78, 5) is 23.2. The first-order chi connectivity index (χ1) is 9.09. The number of rotatable bonds is 5. The summed E-state index contributed by atoms with van der Waals surface area (Å²) in [5.41, 5.74) is -0.751. The molecule has 0 aromatic carbocycles. The molecule has 19 heavy (non-hydrogen) atoms. The molecule has 3 fully saturated rings. The van der Waals surface area contributed by atoms with Crippen LogP contribution in [0.15, 0.2) is 0 Å². The van der Waals surface area contributed by atoms with Crippen LogP contribution in [0.3, 0.4) is 0 Å². The summed E-state index contributed by atoms with van der Waals surface area (Å²) in [6.45, 7) is 0.760. The van der Waals surface area contributed by atoms with Gasteiger partial charge in [0.1, 0.15) is 0 Å². The zero-order chi connectivity index (χ0) is 13.5. The highest BCUT2D eigenvalue weighted by Crippen LogP contribution is 2.48. The molecular weight excluding hydrogens is 242 g/mol. The summed E-state index contributed by atoms with van der Waals surface area (Å²) in [7, 11) is 0. The Bertz CT molecular complexity index is 389. The van der Waals surface area contributed by atoms with Gasteiger partial charge in [-0.25, -0.2) is 0 Å². The molecule has 106 valence electrons. The zero-order valence-corrected chi connectivity index (χ0v) is 11.4. The molecule has 2 N–H and O–H groups in total. The molecule has 0 heterocycles. The number of hydrogen-bond donors (Lipinski definition) is 2. The van der Waals surface area contributed by atoms with Gasteiger partial charge in [-0.2, -0.15) is 0 Å². The summed E-state index contributed by atoms with van der Waals surface area (Å²) in [6.07, 6.45) is 7.72. The smallest absolute Gasteiger partial charge is 0.310 e. The molecule has 3 rings (SSSR count). The highest BCUT2D eigenvalue weighted by Gasteiger charge is 2.46. The number of carbonyl (C=O) groups is 2. The van der Waals surface area contributed by atoms with Crippen LogP contribution < -0.4 is 5.32 Å². The van der Waals surface area contributed by atoms with Crippen LogP contribution >= 0.6 is 0 Å². The summed E-state index contributed by atoms with van der Waals surface area (Å²) in [5.74, 6) is 1.48. The number of carboxylic acids is 1. The van der Waals surface area contributed by atoms with Crippen LogP contribution in [-0.2, 0) is 9.59 Å². The van der Waals surface area contributed by atoms with Gasteiger partial charge < -0.3 is 10.4 Å². The van der Waals surface area contributed by atoms with E-state index in [0.29, 0.717) is 18.8 Å². The molecule has 0 aromatic rings. The molecule has 0 aromatic heterocycles. The minimum atomic E-state index is -0.797. The van der Waals surface area contributed by atoms with Crippen molar-refractivity contribution in [2.45, 2.75) is 51.4 Å². The molecule has 4 nitrogen and oxygen atoms in total. The number of carboxylic acid groups (broad SMARTS) is 1. The van der Waals surface area contributed by atoms with Crippen LogP contribution in [0.1, 0.15) is 51.4 Å². The molecule has 3 aliphatic carbocycles. The number of amides is 1. The molecule has 3 unspecified atom stereocenters. The standard InChI is InChI=1S/C15H23NO3/c17-13(8-15(14(18)19)4-1-5-15)16-9-12-7-10-2-3-11(12)6-10/h10-12H,1-9H2,(H,16,17)(H,18,19). The summed E-state index contributed by atoms with van der Waals surface area (Å²) in [6, 6.07) is 0. The first-order valence-electron chi connectivity index (χ1n) is 7.59. The van der Waals surface area contributed by atoms with E-state index in [1.807, 2.05) is 0 Å². The Labute approximate surface area is 113 Å². The fourth-order valence-electron chi connectivity index (χ4n) is 4.31. The Kier molecular flexibility index (Phi) is 3.27. The average Bonchev–Trinajstić information content (AvgIpc) is 2.92. The third kappa shape index (κ3) is 2.37. The molecule has 3 atom stereocenters. The van der Waals surface area contributed by atoms with E-state index in [4.69, 9.17) is 0 Å². The van der Waals surface area contributed by atoms with E-state index in [2.05, 4.69) is 5.32 Å². The maximum absolute atomic E-state index is 11.9. The second-order valence-electron chi connectivity index (χ2n) is 6.85. The van der Waals surface area contributed by atoms with Crippen molar-refractivity contribution in [3.8, 4) is 0 Å². The molecule has 3 saturated carbocycles. The van der Waals surface area contributed by atoms with Crippen LogP contribution in [0.5, 0.6) is 0 Å². The molecule has 2 bridgehead atoms. The van der Waals surface area contributed by atoms with Crippen molar-refractivity contribution in [1.29, 1.82) is 0 Å². The lowest BCUT2D eigenvalue weighted by atomic mass is 9.66. The summed E-state index contributed by atoms with van der Waals surface area (Å²) >= 11 is 0. The van der Waals surface area contributed by atoms with Gasteiger partial charge >= 0.3 is 5.97 Å². The Morgan fingerprint density at radius 1 is 1.21 bits per heavy atom. The zero-order valence-electron chi connectivity index (χ0n) is 11.4. The fraction of sp³-hybridized carbons (Fsp3) is 0.867. The molecule has 0 radical (unpaired) electrons. The summed E-state index contributed by atoms with van der Waals surface area (Å²) < 4.78 is 0. The van der Waals surface area contributed by atoms with Crippen molar-refractivity contribution >= 4 is 11.9 Å². The highest BCUT2D eigenvalue weighted by molar-refractivity contribution is 5.85. The van der Waals surface area contributed by atoms with E-state index >= 15 is 0 Å². The van der Waals surface area contributed by atoms with Crippen LogP contribution in [0.4, 0.5) is 0 Å². The van der Waals surface area contributed by atoms with Gasteiger partial charge in [-0.15, -0.1) is 0 Å². The van der Waals surface area contributed by atoms with E-state index < -0.39 is 11.4 Å². The molecule has 0 saturated heterocycles. The van der Waals surface area contributed by atoms with Gasteiger partial charge in [-0.3, -0.25) is 9.59 Å². The van der Waals surface area contributed by atoms with Crippen molar-refractivity contribution in [3.05, 3.63) is 0 Å². The first-order valence-corrected chi connectivity index (χ1v) is 7.59. The number of aliphatic carboxylic acids is 1. The third-order valence-corrected chi connectivity index (χ3v) is 5.71. The van der Waals surface area contributed by atoms with Gasteiger partial charge in [0.2, 0.25) is 5.91 Å². The minimum Gasteiger partial charge on any atom is -0.481 e. The highest BCUT2D eigenvalue weighted by atomic mass is 16.4. The van der Waals surface area contributed by atoms with Crippen LogP contribution in [-0.4, -0.2) is 23.5 Å². The second kappa shape index (κ2) is 4.80. The minimum absolute atomic E-state index is 0.0649. The lowest BCUT2D eigenvalue weighted by molar-refractivity contribution is -0.157. The third-order valence-electron chi connectivity index (χ3n) is 5.71. The van der Waals surface area contributed by atoms with Gasteiger partial charge in [0.15, 0.2) is 0 Å². The van der Waals surface area contributed by atoms with E-state index in [1.165, 1.54) is 25.7 Å². The average molecular weight is 265 g/mol. The van der Waals surface area contributed by atoms with Crippen molar-refractivity contribution in [2.75, 3.05) is 6.54 Å².